The maximum absolute atomic E-state index is 11.6. The number of carbonyl (C=O) groups is 1. The molecule has 0 saturated carbocycles. The van der Waals surface area contributed by atoms with Crippen LogP contribution in [0.15, 0.2) is 30.4 Å². The lowest BCUT2D eigenvalue weighted by Crippen LogP contribution is -2.08. The minimum Gasteiger partial charge on any atom is -0.334 e. The van der Waals surface area contributed by atoms with Gasteiger partial charge < -0.3 is 4.57 Å². The Labute approximate surface area is 77.2 Å². The van der Waals surface area contributed by atoms with Crippen LogP contribution in [0.1, 0.15) is 23.1 Å². The Morgan fingerprint density at radius 3 is 3.00 bits per heavy atom. The predicted molar refractivity (Wildman–Crippen MR) is 52.6 cm³/mol. The normalized spacial score (nSPS) is 13.0. The molecule has 0 aliphatic carbocycles. The second-order valence-electron chi connectivity index (χ2n) is 3.27. The molecule has 0 spiro atoms. The van der Waals surface area contributed by atoms with Gasteiger partial charge in [-0.25, -0.2) is 0 Å². The van der Waals surface area contributed by atoms with Gasteiger partial charge in [-0.3, -0.25) is 4.79 Å². The number of allylic oxidation sites excluding steroid dienone is 2. The molecule has 1 aliphatic rings. The first kappa shape index (κ1) is 8.05. The highest BCUT2D eigenvalue weighted by atomic mass is 16.1. The molecular weight excluding hydrogens is 162 g/mol. The van der Waals surface area contributed by atoms with Gasteiger partial charge in [0, 0.05) is 12.2 Å². The summed E-state index contributed by atoms with van der Waals surface area (Å²) in [5.41, 5.74) is 2.44. The third-order valence-electron chi connectivity index (χ3n) is 2.21. The van der Waals surface area contributed by atoms with Crippen LogP contribution < -0.4 is 0 Å². The summed E-state index contributed by atoms with van der Waals surface area (Å²) in [6.45, 7) is 6.20. The summed E-state index contributed by atoms with van der Waals surface area (Å²) in [5, 5.41) is 0. The van der Waals surface area contributed by atoms with Crippen LogP contribution in [0, 0.1) is 0 Å². The molecule has 0 N–H and O–H groups in total. The third-order valence-corrected chi connectivity index (χ3v) is 2.21. The van der Waals surface area contributed by atoms with E-state index < -0.39 is 0 Å². The van der Waals surface area contributed by atoms with Crippen LogP contribution in [-0.2, 0) is 6.54 Å². The molecular formula is C11H11NO. The van der Waals surface area contributed by atoms with Crippen molar-refractivity contribution < 1.29 is 4.79 Å². The van der Waals surface area contributed by atoms with Gasteiger partial charge in [0.15, 0.2) is 0 Å². The topological polar surface area (TPSA) is 22.0 Å². The summed E-state index contributed by atoms with van der Waals surface area (Å²) < 4.78 is 2.00. The van der Waals surface area contributed by atoms with Gasteiger partial charge in [-0.05, 0) is 30.7 Å². The molecule has 0 atom stereocenters. The van der Waals surface area contributed by atoms with Gasteiger partial charge in [-0.15, -0.1) is 0 Å². The molecule has 0 bridgehead atoms. The van der Waals surface area contributed by atoms with Crippen molar-refractivity contribution in [1.82, 2.24) is 4.57 Å². The molecule has 2 nitrogen and oxygen atoms in total. The molecule has 0 amide bonds. The lowest BCUT2D eigenvalue weighted by molar-refractivity contribution is 0.102. The van der Waals surface area contributed by atoms with Crippen molar-refractivity contribution in [3.8, 4) is 0 Å². The molecule has 0 fully saturated rings. The fraction of sp³-hybridized carbons (Fsp3) is 0.182. The number of nitrogens with zero attached hydrogens (tertiary/aromatic N) is 1. The maximum Gasteiger partial charge on any atom is 0.204 e. The van der Waals surface area contributed by atoms with Gasteiger partial charge in [0.05, 0.1) is 5.69 Å². The monoisotopic (exact) mass is 173 g/mol. The van der Waals surface area contributed by atoms with Gasteiger partial charge in [0.25, 0.3) is 0 Å². The van der Waals surface area contributed by atoms with Crippen molar-refractivity contribution in [3.63, 3.8) is 0 Å². The zero-order valence-corrected chi connectivity index (χ0v) is 7.58. The molecule has 0 saturated heterocycles. The lowest BCUT2D eigenvalue weighted by atomic mass is 10.1. The highest BCUT2D eigenvalue weighted by molar-refractivity contribution is 6.07. The summed E-state index contributed by atoms with van der Waals surface area (Å²) in [5.74, 6) is 0.0370. The average Bonchev–Trinajstić information content (AvgIpc) is 2.61. The van der Waals surface area contributed by atoms with E-state index in [9.17, 15) is 4.79 Å². The van der Waals surface area contributed by atoms with E-state index in [-0.39, 0.29) is 5.78 Å². The van der Waals surface area contributed by atoms with Crippen molar-refractivity contribution in [2.24, 2.45) is 0 Å². The Balaban J connectivity index is 2.44. The third kappa shape index (κ3) is 1.15. The van der Waals surface area contributed by atoms with Crippen molar-refractivity contribution in [2.45, 2.75) is 13.5 Å². The first-order valence-electron chi connectivity index (χ1n) is 4.26. The van der Waals surface area contributed by atoms with Crippen LogP contribution in [0.5, 0.6) is 0 Å². The van der Waals surface area contributed by atoms with E-state index in [1.54, 1.807) is 6.92 Å². The van der Waals surface area contributed by atoms with Crippen molar-refractivity contribution in [1.29, 1.82) is 0 Å². The SMILES string of the molecule is C=C(C)C(=O)c1ccc2n1CC=C2. The van der Waals surface area contributed by atoms with Crippen LogP contribution in [-0.4, -0.2) is 10.4 Å². The zero-order chi connectivity index (χ0) is 9.42. The molecule has 2 heterocycles. The minimum absolute atomic E-state index is 0.0370. The second kappa shape index (κ2) is 2.73. The zero-order valence-electron chi connectivity index (χ0n) is 7.58. The van der Waals surface area contributed by atoms with E-state index in [1.807, 2.05) is 28.9 Å². The molecule has 2 rings (SSSR count). The number of carbonyl (C=O) groups excluding carboxylic acids is 1. The Kier molecular flexibility index (Phi) is 1.69. The molecule has 1 aliphatic heterocycles. The van der Waals surface area contributed by atoms with E-state index in [4.69, 9.17) is 0 Å². The summed E-state index contributed by atoms with van der Waals surface area (Å²) in [6, 6.07) is 3.82. The van der Waals surface area contributed by atoms with Crippen molar-refractivity contribution >= 4 is 11.9 Å². The van der Waals surface area contributed by atoms with Gasteiger partial charge in [0.2, 0.25) is 5.78 Å². The largest absolute Gasteiger partial charge is 0.334 e. The van der Waals surface area contributed by atoms with E-state index in [1.165, 1.54) is 0 Å². The predicted octanol–water partition coefficient (Wildman–Crippen LogP) is 2.27. The van der Waals surface area contributed by atoms with E-state index in [0.29, 0.717) is 5.57 Å². The minimum atomic E-state index is 0.0370. The first-order chi connectivity index (χ1) is 6.20. The van der Waals surface area contributed by atoms with Crippen LogP contribution in [0.2, 0.25) is 0 Å². The Bertz CT molecular complexity index is 410. The van der Waals surface area contributed by atoms with Crippen molar-refractivity contribution in [2.75, 3.05) is 0 Å². The molecule has 0 aromatic carbocycles. The van der Waals surface area contributed by atoms with Crippen molar-refractivity contribution in [3.05, 3.63) is 41.7 Å². The Hall–Kier alpha value is -1.57. The van der Waals surface area contributed by atoms with Gasteiger partial charge >= 0.3 is 0 Å². The van der Waals surface area contributed by atoms with Crippen LogP contribution in [0.25, 0.3) is 6.08 Å². The van der Waals surface area contributed by atoms with Gasteiger partial charge in [-0.1, -0.05) is 12.7 Å². The number of rotatable bonds is 2. The van der Waals surface area contributed by atoms with Crippen LogP contribution in [0.3, 0.4) is 0 Å². The standard InChI is InChI=1S/C11H11NO/c1-8(2)11(13)10-6-5-9-4-3-7-12(9)10/h3-6H,1,7H2,2H3. The van der Waals surface area contributed by atoms with E-state index in [2.05, 4.69) is 6.58 Å². The summed E-state index contributed by atoms with van der Waals surface area (Å²) in [4.78, 5) is 11.6. The Morgan fingerprint density at radius 2 is 2.31 bits per heavy atom. The maximum atomic E-state index is 11.6. The fourth-order valence-corrected chi connectivity index (χ4v) is 1.53. The summed E-state index contributed by atoms with van der Waals surface area (Å²) >= 11 is 0. The first-order valence-corrected chi connectivity index (χ1v) is 4.26. The van der Waals surface area contributed by atoms with Gasteiger partial charge in [0.1, 0.15) is 0 Å². The lowest BCUT2D eigenvalue weighted by Gasteiger charge is -2.03. The number of Topliss-reactive ketones (excluding diaryl/α,β-unsaturated/α-hetero) is 1. The molecule has 0 radical (unpaired) electrons. The second-order valence-corrected chi connectivity index (χ2v) is 3.27. The molecule has 13 heavy (non-hydrogen) atoms. The summed E-state index contributed by atoms with van der Waals surface area (Å²) in [7, 11) is 0. The smallest absolute Gasteiger partial charge is 0.204 e. The molecule has 1 aromatic rings. The van der Waals surface area contributed by atoms with E-state index in [0.717, 1.165) is 17.9 Å². The quantitative estimate of drug-likeness (QED) is 0.496. The number of aromatic nitrogens is 1. The van der Waals surface area contributed by atoms with Gasteiger partial charge in [-0.2, -0.15) is 0 Å². The summed E-state index contributed by atoms with van der Waals surface area (Å²) in [6.07, 6.45) is 4.07. The number of ketones is 1. The van der Waals surface area contributed by atoms with E-state index >= 15 is 0 Å². The Morgan fingerprint density at radius 1 is 1.54 bits per heavy atom. The number of fused-ring (bicyclic) bond motifs is 1. The number of hydrogen-bond acceptors (Lipinski definition) is 1. The highest BCUT2D eigenvalue weighted by Crippen LogP contribution is 2.18. The van der Waals surface area contributed by atoms with Crippen LogP contribution >= 0.6 is 0 Å². The molecule has 2 heteroatoms. The fourth-order valence-electron chi connectivity index (χ4n) is 1.53. The van der Waals surface area contributed by atoms with Crippen LogP contribution in [0.4, 0.5) is 0 Å². The average molecular weight is 173 g/mol. The molecule has 0 unspecified atom stereocenters. The molecule has 1 aromatic heterocycles. The molecule has 66 valence electrons. The highest BCUT2D eigenvalue weighted by Gasteiger charge is 2.15. The number of hydrogen-bond donors (Lipinski definition) is 0.